The number of amides is 1. The van der Waals surface area contributed by atoms with Gasteiger partial charge in [-0.1, -0.05) is 36.7 Å². The quantitative estimate of drug-likeness (QED) is 0.807. The second-order valence-corrected chi connectivity index (χ2v) is 6.53. The topological polar surface area (TPSA) is 67.2 Å². The molecule has 0 saturated carbocycles. The van der Waals surface area contributed by atoms with Crippen LogP contribution in [0.5, 0.6) is 0 Å². The zero-order valence-corrected chi connectivity index (χ0v) is 15.1. The Hall–Kier alpha value is -1.85. The maximum Gasteiger partial charge on any atom is 0.255 e. The predicted octanol–water partition coefficient (Wildman–Crippen LogP) is 2.95. The largest absolute Gasteiger partial charge is 0.396 e. The van der Waals surface area contributed by atoms with Crippen LogP contribution in [-0.2, 0) is 6.54 Å². The number of nitrogens with zero attached hydrogens (tertiary/aromatic N) is 2. The first-order chi connectivity index (χ1) is 11.4. The van der Waals surface area contributed by atoms with Crippen LogP contribution in [0, 0.1) is 19.8 Å². The molecule has 0 radical (unpaired) electrons. The Balaban J connectivity index is 2.14. The fourth-order valence-electron chi connectivity index (χ4n) is 2.65. The number of aliphatic hydroxyl groups is 1. The molecule has 0 saturated heterocycles. The second kappa shape index (κ2) is 8.31. The van der Waals surface area contributed by atoms with E-state index >= 15 is 0 Å². The summed E-state index contributed by atoms with van der Waals surface area (Å²) < 4.78 is 1.81. The minimum absolute atomic E-state index is 0.125. The summed E-state index contributed by atoms with van der Waals surface area (Å²) in [7, 11) is 0. The smallest absolute Gasteiger partial charge is 0.255 e. The van der Waals surface area contributed by atoms with Gasteiger partial charge >= 0.3 is 0 Å². The van der Waals surface area contributed by atoms with Gasteiger partial charge in [0.25, 0.3) is 5.91 Å². The first-order valence-corrected chi connectivity index (χ1v) is 8.48. The molecule has 2 rings (SSSR count). The molecule has 1 heterocycles. The van der Waals surface area contributed by atoms with Gasteiger partial charge in [0, 0.05) is 23.9 Å². The number of halogens is 1. The van der Waals surface area contributed by atoms with Crippen molar-refractivity contribution >= 4 is 17.5 Å². The van der Waals surface area contributed by atoms with E-state index in [0.717, 1.165) is 11.3 Å². The number of carbonyl (C=O) groups is 1. The maximum absolute atomic E-state index is 12.5. The van der Waals surface area contributed by atoms with Gasteiger partial charge in [-0.15, -0.1) is 0 Å². The molecule has 0 bridgehead atoms. The van der Waals surface area contributed by atoms with E-state index in [1.807, 2.05) is 49.7 Å². The number of aliphatic hydroxyl groups excluding tert-OH is 1. The molecule has 0 spiro atoms. The number of rotatable bonds is 7. The highest BCUT2D eigenvalue weighted by Gasteiger charge is 2.19. The van der Waals surface area contributed by atoms with E-state index < -0.39 is 0 Å². The summed E-state index contributed by atoms with van der Waals surface area (Å²) in [5.74, 6) is 0.109. The predicted molar refractivity (Wildman–Crippen MR) is 95.5 cm³/mol. The van der Waals surface area contributed by atoms with E-state index in [-0.39, 0.29) is 18.4 Å². The van der Waals surface area contributed by atoms with Gasteiger partial charge in [0.05, 0.1) is 17.8 Å². The summed E-state index contributed by atoms with van der Waals surface area (Å²) in [6, 6.07) is 7.62. The zero-order chi connectivity index (χ0) is 17.7. The minimum atomic E-state index is -0.125. The average Bonchev–Trinajstić information content (AvgIpc) is 2.82. The zero-order valence-electron chi connectivity index (χ0n) is 14.3. The number of aromatic nitrogens is 2. The molecule has 5 nitrogen and oxygen atoms in total. The minimum Gasteiger partial charge on any atom is -0.396 e. The third-order valence-corrected chi connectivity index (χ3v) is 4.49. The van der Waals surface area contributed by atoms with Crippen molar-refractivity contribution in [3.05, 3.63) is 51.8 Å². The molecule has 1 atom stereocenters. The van der Waals surface area contributed by atoms with E-state index in [9.17, 15) is 4.79 Å². The Morgan fingerprint density at radius 3 is 2.75 bits per heavy atom. The van der Waals surface area contributed by atoms with Gasteiger partial charge in [-0.2, -0.15) is 5.10 Å². The van der Waals surface area contributed by atoms with E-state index in [4.69, 9.17) is 16.7 Å². The van der Waals surface area contributed by atoms with Crippen molar-refractivity contribution in [3.63, 3.8) is 0 Å². The van der Waals surface area contributed by atoms with Crippen molar-refractivity contribution in [1.29, 1.82) is 0 Å². The molecule has 130 valence electrons. The van der Waals surface area contributed by atoms with Crippen molar-refractivity contribution in [2.24, 2.45) is 5.92 Å². The lowest BCUT2D eigenvalue weighted by Gasteiger charge is -2.11. The number of aryl methyl sites for hydroxylation is 1. The summed E-state index contributed by atoms with van der Waals surface area (Å²) >= 11 is 6.21. The molecule has 24 heavy (non-hydrogen) atoms. The molecule has 0 fully saturated rings. The maximum atomic E-state index is 12.5. The molecular weight excluding hydrogens is 326 g/mol. The Bertz CT molecular complexity index is 712. The van der Waals surface area contributed by atoms with Gasteiger partial charge < -0.3 is 10.4 Å². The van der Waals surface area contributed by atoms with E-state index in [0.29, 0.717) is 35.8 Å². The molecule has 1 amide bonds. The average molecular weight is 350 g/mol. The van der Waals surface area contributed by atoms with Crippen LogP contribution in [-0.4, -0.2) is 33.9 Å². The second-order valence-electron chi connectivity index (χ2n) is 6.12. The molecule has 0 aliphatic carbocycles. The van der Waals surface area contributed by atoms with Crippen LogP contribution >= 0.6 is 11.6 Å². The lowest BCUT2D eigenvalue weighted by Crippen LogP contribution is -2.29. The Labute approximate surface area is 147 Å². The summed E-state index contributed by atoms with van der Waals surface area (Å²) in [4.78, 5) is 12.5. The van der Waals surface area contributed by atoms with Crippen molar-refractivity contribution in [2.75, 3.05) is 13.2 Å². The van der Waals surface area contributed by atoms with Gasteiger partial charge in [-0.3, -0.25) is 9.48 Å². The molecule has 2 aromatic rings. The van der Waals surface area contributed by atoms with Crippen LogP contribution in [0.1, 0.15) is 40.7 Å². The Morgan fingerprint density at radius 2 is 2.08 bits per heavy atom. The summed E-state index contributed by atoms with van der Waals surface area (Å²) in [6.07, 6.45) is 0.671. The Morgan fingerprint density at radius 1 is 1.38 bits per heavy atom. The molecule has 1 unspecified atom stereocenters. The van der Waals surface area contributed by atoms with E-state index in [1.54, 1.807) is 0 Å². The lowest BCUT2D eigenvalue weighted by molar-refractivity contribution is 0.0944. The van der Waals surface area contributed by atoms with Gasteiger partial charge in [-0.25, -0.2) is 0 Å². The fourth-order valence-corrected chi connectivity index (χ4v) is 2.84. The van der Waals surface area contributed by atoms with Gasteiger partial charge in [0.1, 0.15) is 0 Å². The lowest BCUT2D eigenvalue weighted by atomic mass is 10.1. The third kappa shape index (κ3) is 4.36. The summed E-state index contributed by atoms with van der Waals surface area (Å²) in [5.41, 5.74) is 3.10. The van der Waals surface area contributed by atoms with E-state index in [2.05, 4.69) is 10.4 Å². The standard InChI is InChI=1S/C18H24ClN3O2/c1-12(8-9-23)10-20-18(24)17-13(2)21-22(14(17)3)11-15-6-4-5-7-16(15)19/h4-7,12,23H,8-11H2,1-3H3,(H,20,24). The van der Waals surface area contributed by atoms with Gasteiger partial charge in [-0.05, 0) is 37.8 Å². The van der Waals surface area contributed by atoms with Crippen LogP contribution in [0.3, 0.4) is 0 Å². The highest BCUT2D eigenvalue weighted by molar-refractivity contribution is 6.31. The normalized spacial score (nSPS) is 12.2. The van der Waals surface area contributed by atoms with Crippen molar-refractivity contribution in [1.82, 2.24) is 15.1 Å². The summed E-state index contributed by atoms with van der Waals surface area (Å²) in [6.45, 7) is 6.92. The van der Waals surface area contributed by atoms with Gasteiger partial charge in [0.15, 0.2) is 0 Å². The summed E-state index contributed by atoms with van der Waals surface area (Å²) in [5, 5.41) is 17.0. The first-order valence-electron chi connectivity index (χ1n) is 8.10. The molecule has 6 heteroatoms. The molecule has 0 aliphatic rings. The molecular formula is C18H24ClN3O2. The SMILES string of the molecule is Cc1nn(Cc2ccccc2Cl)c(C)c1C(=O)NCC(C)CCO. The molecule has 1 aromatic heterocycles. The number of hydrogen-bond donors (Lipinski definition) is 2. The molecule has 0 aliphatic heterocycles. The fraction of sp³-hybridized carbons (Fsp3) is 0.444. The number of nitrogens with one attached hydrogen (secondary N) is 1. The van der Waals surface area contributed by atoms with Crippen LogP contribution < -0.4 is 5.32 Å². The molecule has 2 N–H and O–H groups in total. The van der Waals surface area contributed by atoms with Crippen molar-refractivity contribution < 1.29 is 9.90 Å². The van der Waals surface area contributed by atoms with Crippen LogP contribution in [0.15, 0.2) is 24.3 Å². The number of benzene rings is 1. The highest BCUT2D eigenvalue weighted by Crippen LogP contribution is 2.19. The van der Waals surface area contributed by atoms with Crippen LogP contribution in [0.2, 0.25) is 5.02 Å². The first kappa shape index (κ1) is 18.5. The van der Waals surface area contributed by atoms with Crippen molar-refractivity contribution in [3.8, 4) is 0 Å². The monoisotopic (exact) mass is 349 g/mol. The number of carbonyl (C=O) groups excluding carboxylic acids is 1. The Kier molecular flexibility index (Phi) is 6.40. The highest BCUT2D eigenvalue weighted by atomic mass is 35.5. The number of hydrogen-bond acceptors (Lipinski definition) is 3. The van der Waals surface area contributed by atoms with E-state index in [1.165, 1.54) is 0 Å². The van der Waals surface area contributed by atoms with Crippen molar-refractivity contribution in [2.45, 2.75) is 33.7 Å². The third-order valence-electron chi connectivity index (χ3n) is 4.12. The van der Waals surface area contributed by atoms with Gasteiger partial charge in [0.2, 0.25) is 0 Å². The van der Waals surface area contributed by atoms with Crippen LogP contribution in [0.4, 0.5) is 0 Å². The van der Waals surface area contributed by atoms with Crippen LogP contribution in [0.25, 0.3) is 0 Å². The molecule has 1 aromatic carbocycles.